The van der Waals surface area contributed by atoms with E-state index in [1.54, 1.807) is 17.1 Å². The number of nitrogens with one attached hydrogen (secondary N) is 1. The molecule has 2 aliphatic heterocycles. The number of aryl methyl sites for hydroxylation is 1. The molecular formula is C17H22N6O. The quantitative estimate of drug-likeness (QED) is 0.911. The Kier molecular flexibility index (Phi) is 3.72. The van der Waals surface area contributed by atoms with E-state index < -0.39 is 0 Å². The zero-order valence-corrected chi connectivity index (χ0v) is 14.0. The van der Waals surface area contributed by atoms with E-state index in [0.717, 1.165) is 30.8 Å². The molecule has 0 radical (unpaired) electrons. The van der Waals surface area contributed by atoms with Gasteiger partial charge in [-0.3, -0.25) is 10.00 Å². The van der Waals surface area contributed by atoms with E-state index in [-0.39, 0.29) is 6.03 Å². The maximum atomic E-state index is 12.5. The third-order valence-corrected chi connectivity index (χ3v) is 5.15. The van der Waals surface area contributed by atoms with Crippen molar-refractivity contribution < 1.29 is 4.79 Å². The van der Waals surface area contributed by atoms with Crippen LogP contribution in [0.25, 0.3) is 11.1 Å². The van der Waals surface area contributed by atoms with Gasteiger partial charge in [-0.1, -0.05) is 0 Å². The molecule has 126 valence electrons. The van der Waals surface area contributed by atoms with Crippen LogP contribution in [-0.2, 0) is 7.05 Å². The first kappa shape index (κ1) is 15.1. The summed E-state index contributed by atoms with van der Waals surface area (Å²) < 4.78 is 1.76. The van der Waals surface area contributed by atoms with Gasteiger partial charge in [0.05, 0.1) is 6.20 Å². The minimum absolute atomic E-state index is 0.0614. The van der Waals surface area contributed by atoms with Crippen molar-refractivity contribution in [3.8, 4) is 11.1 Å². The molecule has 2 amide bonds. The average molecular weight is 326 g/mol. The molecule has 7 nitrogen and oxygen atoms in total. The van der Waals surface area contributed by atoms with E-state index in [1.165, 1.54) is 6.42 Å². The molecule has 2 aromatic heterocycles. The van der Waals surface area contributed by atoms with Crippen molar-refractivity contribution in [1.29, 1.82) is 0 Å². The zero-order chi connectivity index (χ0) is 16.7. The largest absolute Gasteiger partial charge is 0.323 e. The predicted octanol–water partition coefficient (Wildman–Crippen LogP) is 1.65. The highest BCUT2D eigenvalue weighted by molar-refractivity contribution is 5.89. The molecule has 4 heterocycles. The number of carbonyl (C=O) groups is 1. The number of hydrogen-bond donors (Lipinski definition) is 1. The maximum absolute atomic E-state index is 12.5. The van der Waals surface area contributed by atoms with Crippen LogP contribution >= 0.6 is 0 Å². The van der Waals surface area contributed by atoms with E-state index >= 15 is 0 Å². The number of urea groups is 1. The van der Waals surface area contributed by atoms with Crippen LogP contribution in [0.4, 0.5) is 10.6 Å². The molecule has 1 N–H and O–H groups in total. The van der Waals surface area contributed by atoms with Gasteiger partial charge in [0, 0.05) is 44.1 Å². The average Bonchev–Trinajstić information content (AvgIpc) is 3.26. The third kappa shape index (κ3) is 2.75. The molecule has 2 atom stereocenters. The second kappa shape index (κ2) is 5.90. The van der Waals surface area contributed by atoms with Gasteiger partial charge in [0.1, 0.15) is 5.82 Å². The van der Waals surface area contributed by atoms with Crippen molar-refractivity contribution in [2.75, 3.05) is 32.0 Å². The van der Waals surface area contributed by atoms with Gasteiger partial charge in [0.15, 0.2) is 0 Å². The molecule has 2 aliphatic rings. The minimum Gasteiger partial charge on any atom is -0.323 e. The number of aromatic nitrogens is 3. The van der Waals surface area contributed by atoms with Gasteiger partial charge in [-0.15, -0.1) is 0 Å². The number of nitrogens with zero attached hydrogens (tertiary/aromatic N) is 5. The highest BCUT2D eigenvalue weighted by Gasteiger charge is 2.41. The van der Waals surface area contributed by atoms with E-state index in [2.05, 4.69) is 27.3 Å². The molecule has 4 rings (SSSR count). The van der Waals surface area contributed by atoms with Gasteiger partial charge in [0.2, 0.25) is 0 Å². The molecule has 0 saturated carbocycles. The highest BCUT2D eigenvalue weighted by atomic mass is 16.2. The topological polar surface area (TPSA) is 66.3 Å². The van der Waals surface area contributed by atoms with Crippen molar-refractivity contribution in [2.24, 2.45) is 13.0 Å². The number of anilines is 1. The number of pyridine rings is 1. The normalized spacial score (nSPS) is 23.5. The molecule has 0 spiro atoms. The van der Waals surface area contributed by atoms with E-state index in [0.29, 0.717) is 17.8 Å². The van der Waals surface area contributed by atoms with Crippen molar-refractivity contribution in [2.45, 2.75) is 12.5 Å². The fourth-order valence-electron chi connectivity index (χ4n) is 3.78. The maximum Gasteiger partial charge on any atom is 0.323 e. The number of carbonyl (C=O) groups excluding carboxylic acids is 1. The summed E-state index contributed by atoms with van der Waals surface area (Å²) in [6.45, 7) is 2.78. The monoisotopic (exact) mass is 326 g/mol. The fraction of sp³-hybridized carbons (Fsp3) is 0.471. The molecule has 0 bridgehead atoms. The van der Waals surface area contributed by atoms with Crippen LogP contribution in [-0.4, -0.2) is 63.3 Å². The number of rotatable bonds is 2. The van der Waals surface area contributed by atoms with Crippen LogP contribution in [0.3, 0.4) is 0 Å². The number of likely N-dealkylation sites (tertiary alicyclic amines) is 2. The van der Waals surface area contributed by atoms with Gasteiger partial charge >= 0.3 is 6.03 Å². The lowest BCUT2D eigenvalue weighted by Gasteiger charge is -2.21. The summed E-state index contributed by atoms with van der Waals surface area (Å²) in [5.41, 5.74) is 2.00. The van der Waals surface area contributed by atoms with Crippen molar-refractivity contribution in [1.82, 2.24) is 24.6 Å². The van der Waals surface area contributed by atoms with Crippen LogP contribution in [0.1, 0.15) is 6.42 Å². The third-order valence-electron chi connectivity index (χ3n) is 5.15. The standard InChI is InChI=1S/C17H22N6O/c1-21-6-4-13-10-23(11-15(13)21)17(24)20-16-7-12(3-5-18-16)14-8-19-22(2)9-14/h3,5,7-9,13,15H,4,6,10-11H2,1-2H3,(H,18,20,24)/t13-,15+/m1/s1. The lowest BCUT2D eigenvalue weighted by molar-refractivity contribution is 0.213. The van der Waals surface area contributed by atoms with Crippen LogP contribution in [0.2, 0.25) is 0 Å². The summed E-state index contributed by atoms with van der Waals surface area (Å²) in [6, 6.07) is 4.25. The Morgan fingerprint density at radius 3 is 2.92 bits per heavy atom. The summed E-state index contributed by atoms with van der Waals surface area (Å²) in [6.07, 6.45) is 6.64. The van der Waals surface area contributed by atoms with Crippen molar-refractivity contribution in [3.05, 3.63) is 30.7 Å². The fourth-order valence-corrected chi connectivity index (χ4v) is 3.78. The lowest BCUT2D eigenvalue weighted by Crippen LogP contribution is -2.37. The molecule has 0 unspecified atom stereocenters. The summed E-state index contributed by atoms with van der Waals surface area (Å²) in [7, 11) is 4.03. The second-order valence-electron chi connectivity index (χ2n) is 6.76. The van der Waals surface area contributed by atoms with Gasteiger partial charge < -0.3 is 9.80 Å². The summed E-state index contributed by atoms with van der Waals surface area (Å²) >= 11 is 0. The lowest BCUT2D eigenvalue weighted by atomic mass is 10.1. The van der Waals surface area contributed by atoms with Gasteiger partial charge in [0.25, 0.3) is 0 Å². The van der Waals surface area contributed by atoms with E-state index in [1.807, 2.05) is 30.3 Å². The first-order valence-electron chi connectivity index (χ1n) is 8.31. The van der Waals surface area contributed by atoms with Gasteiger partial charge in [-0.05, 0) is 43.6 Å². The highest BCUT2D eigenvalue weighted by Crippen LogP contribution is 2.30. The van der Waals surface area contributed by atoms with Crippen LogP contribution in [0, 0.1) is 5.92 Å². The molecular weight excluding hydrogens is 304 g/mol. The number of fused-ring (bicyclic) bond motifs is 1. The van der Waals surface area contributed by atoms with Crippen LogP contribution < -0.4 is 5.32 Å². The van der Waals surface area contributed by atoms with Gasteiger partial charge in [-0.25, -0.2) is 9.78 Å². The number of likely N-dealkylation sites (N-methyl/N-ethyl adjacent to an activating group) is 1. The molecule has 24 heavy (non-hydrogen) atoms. The smallest absolute Gasteiger partial charge is 0.323 e. The summed E-state index contributed by atoms with van der Waals surface area (Å²) in [5, 5.41) is 7.12. The Labute approximate surface area is 141 Å². The first-order valence-corrected chi connectivity index (χ1v) is 8.31. The Bertz CT molecular complexity index is 757. The molecule has 7 heteroatoms. The molecule has 2 saturated heterocycles. The Morgan fingerprint density at radius 2 is 2.17 bits per heavy atom. The summed E-state index contributed by atoms with van der Waals surface area (Å²) in [5.74, 6) is 1.18. The Hall–Kier alpha value is -2.41. The van der Waals surface area contributed by atoms with Crippen molar-refractivity contribution in [3.63, 3.8) is 0 Å². The van der Waals surface area contributed by atoms with E-state index in [4.69, 9.17) is 0 Å². The molecule has 0 aliphatic carbocycles. The zero-order valence-electron chi connectivity index (χ0n) is 14.0. The van der Waals surface area contributed by atoms with Gasteiger partial charge in [-0.2, -0.15) is 5.10 Å². The Morgan fingerprint density at radius 1 is 1.29 bits per heavy atom. The number of amides is 2. The van der Waals surface area contributed by atoms with E-state index in [9.17, 15) is 4.79 Å². The number of hydrogen-bond acceptors (Lipinski definition) is 4. The molecule has 2 aromatic rings. The molecule has 0 aromatic carbocycles. The minimum atomic E-state index is -0.0614. The summed E-state index contributed by atoms with van der Waals surface area (Å²) in [4.78, 5) is 21.1. The van der Waals surface area contributed by atoms with Crippen molar-refractivity contribution >= 4 is 11.8 Å². The van der Waals surface area contributed by atoms with Crippen LogP contribution in [0.5, 0.6) is 0 Å². The SMILES string of the molecule is CN1CC[C@@H]2CN(C(=O)Nc3cc(-c4cnn(C)c4)ccn3)C[C@@H]21. The molecule has 2 fully saturated rings. The Balaban J connectivity index is 1.45. The van der Waals surface area contributed by atoms with Crippen LogP contribution in [0.15, 0.2) is 30.7 Å². The second-order valence-corrected chi connectivity index (χ2v) is 6.76. The first-order chi connectivity index (χ1) is 11.6. The predicted molar refractivity (Wildman–Crippen MR) is 91.6 cm³/mol.